The third-order valence-corrected chi connectivity index (χ3v) is 3.11. The van der Waals surface area contributed by atoms with Crippen molar-refractivity contribution in [1.82, 2.24) is 9.97 Å². The Bertz CT molecular complexity index is 767. The summed E-state index contributed by atoms with van der Waals surface area (Å²) in [6.45, 7) is 0. The minimum Gasteiger partial charge on any atom is -0.324 e. The molecule has 0 atom stereocenters. The number of carbonyl (C=O) groups is 1. The number of benzene rings is 2. The fourth-order valence-corrected chi connectivity index (χ4v) is 2.04. The van der Waals surface area contributed by atoms with E-state index in [0.29, 0.717) is 0 Å². The zero-order chi connectivity index (χ0) is 14.1. The number of imidazole rings is 1. The first kappa shape index (κ1) is 12.6. The van der Waals surface area contributed by atoms with Crippen LogP contribution < -0.4 is 5.32 Å². The predicted molar refractivity (Wildman–Crippen MR) is 75.5 cm³/mol. The summed E-state index contributed by atoms with van der Waals surface area (Å²) < 4.78 is 13.7. The van der Waals surface area contributed by atoms with Crippen molar-refractivity contribution < 1.29 is 9.18 Å². The number of amides is 1. The highest BCUT2D eigenvalue weighted by Gasteiger charge is 2.15. The topological polar surface area (TPSA) is 57.8 Å². The van der Waals surface area contributed by atoms with E-state index in [0.717, 1.165) is 11.0 Å². The van der Waals surface area contributed by atoms with Gasteiger partial charge in [0.25, 0.3) is 5.91 Å². The summed E-state index contributed by atoms with van der Waals surface area (Å²) >= 11 is 5.65. The number of nitrogens with zero attached hydrogens (tertiary/aromatic N) is 1. The summed E-state index contributed by atoms with van der Waals surface area (Å²) in [6.07, 6.45) is 0. The maximum absolute atomic E-state index is 13.7. The van der Waals surface area contributed by atoms with Gasteiger partial charge < -0.3 is 4.98 Å². The smallest absolute Gasteiger partial charge is 0.260 e. The zero-order valence-electron chi connectivity index (χ0n) is 10.2. The van der Waals surface area contributed by atoms with Gasteiger partial charge in [-0.1, -0.05) is 29.8 Å². The van der Waals surface area contributed by atoms with Crippen molar-refractivity contribution in [2.24, 2.45) is 0 Å². The molecule has 0 saturated carbocycles. The van der Waals surface area contributed by atoms with E-state index in [1.165, 1.54) is 18.2 Å². The molecular weight excluding hydrogens is 281 g/mol. The van der Waals surface area contributed by atoms with Crippen molar-refractivity contribution in [3.63, 3.8) is 0 Å². The van der Waals surface area contributed by atoms with Gasteiger partial charge in [0.1, 0.15) is 0 Å². The Kier molecular flexibility index (Phi) is 3.12. The van der Waals surface area contributed by atoms with Gasteiger partial charge in [-0.2, -0.15) is 0 Å². The average Bonchev–Trinajstić information content (AvgIpc) is 2.83. The zero-order valence-corrected chi connectivity index (χ0v) is 10.9. The molecule has 1 aromatic heterocycles. The summed E-state index contributed by atoms with van der Waals surface area (Å²) in [5.74, 6) is -1.09. The predicted octanol–water partition coefficient (Wildman–Crippen LogP) is 3.61. The van der Waals surface area contributed by atoms with Gasteiger partial charge in [-0.3, -0.25) is 10.1 Å². The van der Waals surface area contributed by atoms with Gasteiger partial charge in [0.05, 0.1) is 21.6 Å². The molecule has 1 heterocycles. The number of rotatable bonds is 2. The number of para-hydroxylation sites is 2. The summed E-state index contributed by atoms with van der Waals surface area (Å²) in [5, 5.41) is 2.42. The maximum atomic E-state index is 13.7. The van der Waals surface area contributed by atoms with Crippen LogP contribution in [0, 0.1) is 5.82 Å². The molecule has 0 bridgehead atoms. The number of H-pyrrole nitrogens is 1. The van der Waals surface area contributed by atoms with Crippen molar-refractivity contribution in [2.45, 2.75) is 0 Å². The van der Waals surface area contributed by atoms with Crippen LogP contribution in [0.5, 0.6) is 0 Å². The number of hydrogen-bond donors (Lipinski definition) is 2. The number of anilines is 1. The number of aromatic amines is 1. The van der Waals surface area contributed by atoms with Crippen molar-refractivity contribution in [3.8, 4) is 0 Å². The lowest BCUT2D eigenvalue weighted by Crippen LogP contribution is -2.14. The molecule has 3 aromatic rings. The van der Waals surface area contributed by atoms with Crippen LogP contribution in [0.4, 0.5) is 10.3 Å². The molecule has 3 rings (SSSR count). The van der Waals surface area contributed by atoms with E-state index in [2.05, 4.69) is 15.3 Å². The van der Waals surface area contributed by atoms with E-state index in [1.807, 2.05) is 24.3 Å². The molecule has 2 aromatic carbocycles. The number of fused-ring (bicyclic) bond motifs is 1. The lowest BCUT2D eigenvalue weighted by atomic mass is 10.2. The molecule has 2 N–H and O–H groups in total. The Morgan fingerprint density at radius 3 is 2.80 bits per heavy atom. The Morgan fingerprint density at radius 1 is 1.20 bits per heavy atom. The molecule has 0 saturated heterocycles. The number of halogens is 2. The molecule has 6 heteroatoms. The molecule has 20 heavy (non-hydrogen) atoms. The van der Waals surface area contributed by atoms with Gasteiger partial charge in [0.15, 0.2) is 5.82 Å². The van der Waals surface area contributed by atoms with Crippen LogP contribution in [0.1, 0.15) is 10.4 Å². The Balaban J connectivity index is 1.90. The SMILES string of the molecule is O=C(Nc1nc2ccccc2[nH]1)c1cccc(Cl)c1F. The van der Waals surface area contributed by atoms with E-state index in [1.54, 1.807) is 0 Å². The van der Waals surface area contributed by atoms with Crippen LogP contribution in [-0.2, 0) is 0 Å². The molecule has 4 nitrogen and oxygen atoms in total. The molecule has 0 radical (unpaired) electrons. The Morgan fingerprint density at radius 2 is 2.00 bits per heavy atom. The third-order valence-electron chi connectivity index (χ3n) is 2.82. The van der Waals surface area contributed by atoms with Crippen molar-refractivity contribution in [2.75, 3.05) is 5.32 Å². The molecule has 0 aliphatic heterocycles. The van der Waals surface area contributed by atoms with Crippen molar-refractivity contribution >= 4 is 34.5 Å². The lowest BCUT2D eigenvalue weighted by Gasteiger charge is -2.04. The van der Waals surface area contributed by atoms with Gasteiger partial charge >= 0.3 is 0 Å². The third kappa shape index (κ3) is 2.23. The Hall–Kier alpha value is -2.40. The lowest BCUT2D eigenvalue weighted by molar-refractivity contribution is 0.102. The minimum absolute atomic E-state index is 0.0951. The van der Waals surface area contributed by atoms with Gasteiger partial charge in [0.2, 0.25) is 5.95 Å². The molecule has 0 unspecified atom stereocenters. The minimum atomic E-state index is -0.747. The van der Waals surface area contributed by atoms with Crippen LogP contribution in [0.15, 0.2) is 42.5 Å². The monoisotopic (exact) mass is 289 g/mol. The summed E-state index contributed by atoms with van der Waals surface area (Å²) in [6, 6.07) is 11.6. The molecule has 0 fully saturated rings. The van der Waals surface area contributed by atoms with Gasteiger partial charge in [-0.15, -0.1) is 0 Å². The van der Waals surface area contributed by atoms with Gasteiger partial charge in [0, 0.05) is 0 Å². The number of carbonyl (C=O) groups excluding carboxylic acids is 1. The second-order valence-electron chi connectivity index (χ2n) is 4.16. The van der Waals surface area contributed by atoms with Crippen LogP contribution in [0.3, 0.4) is 0 Å². The summed E-state index contributed by atoms with van der Waals surface area (Å²) in [5.41, 5.74) is 1.38. The van der Waals surface area contributed by atoms with Crippen LogP contribution in [0.25, 0.3) is 11.0 Å². The van der Waals surface area contributed by atoms with Crippen LogP contribution in [-0.4, -0.2) is 15.9 Å². The van der Waals surface area contributed by atoms with Crippen molar-refractivity contribution in [1.29, 1.82) is 0 Å². The van der Waals surface area contributed by atoms with E-state index in [4.69, 9.17) is 11.6 Å². The maximum Gasteiger partial charge on any atom is 0.260 e. The highest BCUT2D eigenvalue weighted by molar-refractivity contribution is 6.31. The fourth-order valence-electron chi connectivity index (χ4n) is 1.87. The van der Waals surface area contributed by atoms with Gasteiger partial charge in [-0.25, -0.2) is 9.37 Å². The van der Waals surface area contributed by atoms with E-state index >= 15 is 0 Å². The highest BCUT2D eigenvalue weighted by Crippen LogP contribution is 2.19. The van der Waals surface area contributed by atoms with Crippen LogP contribution >= 0.6 is 11.6 Å². The second-order valence-corrected chi connectivity index (χ2v) is 4.57. The standard InChI is InChI=1S/C14H9ClFN3O/c15-9-5-3-4-8(12(9)16)13(20)19-14-17-10-6-1-2-7-11(10)18-14/h1-7H,(H2,17,18,19,20). The van der Waals surface area contributed by atoms with E-state index < -0.39 is 11.7 Å². The number of nitrogens with one attached hydrogen (secondary N) is 2. The van der Waals surface area contributed by atoms with E-state index in [9.17, 15) is 9.18 Å². The summed E-state index contributed by atoms with van der Waals surface area (Å²) in [7, 11) is 0. The largest absolute Gasteiger partial charge is 0.324 e. The highest BCUT2D eigenvalue weighted by atomic mass is 35.5. The van der Waals surface area contributed by atoms with Crippen molar-refractivity contribution in [3.05, 3.63) is 58.9 Å². The summed E-state index contributed by atoms with van der Waals surface area (Å²) in [4.78, 5) is 19.1. The first-order valence-electron chi connectivity index (χ1n) is 5.85. The molecule has 1 amide bonds. The number of hydrogen-bond acceptors (Lipinski definition) is 2. The molecule has 0 aliphatic carbocycles. The average molecular weight is 290 g/mol. The second kappa shape index (κ2) is 4.94. The fraction of sp³-hybridized carbons (Fsp3) is 0. The van der Waals surface area contributed by atoms with Crippen LogP contribution in [0.2, 0.25) is 5.02 Å². The normalized spacial score (nSPS) is 10.7. The molecule has 0 aliphatic rings. The Labute approximate surface area is 118 Å². The number of aromatic nitrogens is 2. The van der Waals surface area contributed by atoms with Gasteiger partial charge in [-0.05, 0) is 24.3 Å². The molecule has 100 valence electrons. The van der Waals surface area contributed by atoms with E-state index in [-0.39, 0.29) is 16.5 Å². The quantitative estimate of drug-likeness (QED) is 0.757. The first-order chi connectivity index (χ1) is 9.65. The molecular formula is C14H9ClFN3O. The molecule has 0 spiro atoms. The first-order valence-corrected chi connectivity index (χ1v) is 6.23.